The fourth-order valence-corrected chi connectivity index (χ4v) is 2.84. The molecule has 1 fully saturated rings. The van der Waals surface area contributed by atoms with Crippen molar-refractivity contribution in [2.75, 3.05) is 23.3 Å². The number of hydrogen-bond donors (Lipinski definition) is 2. The standard InChI is InChI=1S/C16H17ClN4O/c17-11-5-6-15(19-9-11)20-12-7-8-21(10-12)14-4-2-1-3-13(14)16(18)22/h1-6,9,12H,7-8,10H2,(H2,18,22)(H,19,20)/t12-/m1/s1. The molecule has 1 aliphatic rings. The second-order valence-corrected chi connectivity index (χ2v) is 5.76. The number of hydrogen-bond acceptors (Lipinski definition) is 4. The van der Waals surface area contributed by atoms with Crippen molar-refractivity contribution in [1.29, 1.82) is 0 Å². The van der Waals surface area contributed by atoms with Gasteiger partial charge in [0.1, 0.15) is 5.82 Å². The Kier molecular flexibility index (Phi) is 4.15. The van der Waals surface area contributed by atoms with Crippen LogP contribution in [0.15, 0.2) is 42.6 Å². The van der Waals surface area contributed by atoms with E-state index in [1.54, 1.807) is 12.3 Å². The molecule has 1 saturated heterocycles. The second kappa shape index (κ2) is 6.23. The Balaban J connectivity index is 1.70. The molecule has 1 aromatic carbocycles. The first-order valence-corrected chi connectivity index (χ1v) is 7.53. The summed E-state index contributed by atoms with van der Waals surface area (Å²) < 4.78 is 0. The van der Waals surface area contributed by atoms with Gasteiger partial charge in [-0.2, -0.15) is 0 Å². The maximum Gasteiger partial charge on any atom is 0.250 e. The van der Waals surface area contributed by atoms with E-state index in [-0.39, 0.29) is 6.04 Å². The molecule has 0 spiro atoms. The van der Waals surface area contributed by atoms with Gasteiger partial charge in [-0.25, -0.2) is 4.98 Å². The number of nitrogens with one attached hydrogen (secondary N) is 1. The lowest BCUT2D eigenvalue weighted by Gasteiger charge is -2.21. The van der Waals surface area contributed by atoms with Crippen molar-refractivity contribution in [3.8, 4) is 0 Å². The predicted octanol–water partition coefficient (Wildman–Crippen LogP) is 2.52. The topological polar surface area (TPSA) is 71.2 Å². The summed E-state index contributed by atoms with van der Waals surface area (Å²) >= 11 is 5.84. The van der Waals surface area contributed by atoms with E-state index < -0.39 is 5.91 Å². The van der Waals surface area contributed by atoms with E-state index in [9.17, 15) is 4.79 Å². The van der Waals surface area contributed by atoms with Crippen molar-refractivity contribution < 1.29 is 4.79 Å². The van der Waals surface area contributed by atoms with Gasteiger partial charge in [-0.1, -0.05) is 23.7 Å². The number of carbonyl (C=O) groups is 1. The number of halogens is 1. The zero-order valence-electron chi connectivity index (χ0n) is 12.0. The largest absolute Gasteiger partial charge is 0.369 e. The number of carbonyl (C=O) groups excluding carboxylic acids is 1. The summed E-state index contributed by atoms with van der Waals surface area (Å²) in [4.78, 5) is 18.0. The normalized spacial score (nSPS) is 17.5. The number of benzene rings is 1. The first-order chi connectivity index (χ1) is 10.6. The van der Waals surface area contributed by atoms with Crippen LogP contribution < -0.4 is 16.0 Å². The first-order valence-electron chi connectivity index (χ1n) is 7.15. The Labute approximate surface area is 134 Å². The van der Waals surface area contributed by atoms with E-state index in [1.165, 1.54) is 0 Å². The highest BCUT2D eigenvalue weighted by Crippen LogP contribution is 2.25. The summed E-state index contributed by atoms with van der Waals surface area (Å²) in [6, 6.07) is 11.4. The van der Waals surface area contributed by atoms with Crippen molar-refractivity contribution >= 4 is 29.0 Å². The number of amides is 1. The molecule has 3 N–H and O–H groups in total. The zero-order chi connectivity index (χ0) is 15.5. The molecule has 114 valence electrons. The Hall–Kier alpha value is -2.27. The number of aromatic nitrogens is 1. The highest BCUT2D eigenvalue weighted by atomic mass is 35.5. The molecule has 1 atom stereocenters. The number of nitrogens with two attached hydrogens (primary N) is 1. The van der Waals surface area contributed by atoms with Crippen LogP contribution in [0.3, 0.4) is 0 Å². The second-order valence-electron chi connectivity index (χ2n) is 5.32. The smallest absolute Gasteiger partial charge is 0.250 e. The molecule has 0 aliphatic carbocycles. The van der Waals surface area contributed by atoms with Gasteiger partial charge in [-0.05, 0) is 30.7 Å². The van der Waals surface area contributed by atoms with Crippen molar-refractivity contribution in [2.24, 2.45) is 5.73 Å². The lowest BCUT2D eigenvalue weighted by molar-refractivity contribution is 0.100. The van der Waals surface area contributed by atoms with Crippen LogP contribution in [0.5, 0.6) is 0 Å². The summed E-state index contributed by atoms with van der Waals surface area (Å²) in [6.45, 7) is 1.67. The average Bonchev–Trinajstić information content (AvgIpc) is 2.98. The molecule has 0 bridgehead atoms. The van der Waals surface area contributed by atoms with Gasteiger partial charge in [-0.3, -0.25) is 4.79 Å². The highest BCUT2D eigenvalue weighted by Gasteiger charge is 2.25. The lowest BCUT2D eigenvalue weighted by atomic mass is 10.1. The molecule has 3 rings (SSSR count). The first kappa shape index (κ1) is 14.7. The van der Waals surface area contributed by atoms with E-state index in [2.05, 4.69) is 15.2 Å². The Bertz CT molecular complexity index is 674. The molecule has 0 unspecified atom stereocenters. The number of para-hydroxylation sites is 1. The molecule has 1 aliphatic heterocycles. The Morgan fingerprint density at radius 3 is 2.86 bits per heavy atom. The van der Waals surface area contributed by atoms with Crippen molar-refractivity contribution in [1.82, 2.24) is 4.98 Å². The minimum absolute atomic E-state index is 0.273. The third-order valence-electron chi connectivity index (χ3n) is 3.78. The molecule has 0 saturated carbocycles. The summed E-state index contributed by atoms with van der Waals surface area (Å²) in [5.74, 6) is 0.408. The van der Waals surface area contributed by atoms with Gasteiger partial charge in [0.25, 0.3) is 5.91 Å². The van der Waals surface area contributed by atoms with E-state index in [4.69, 9.17) is 17.3 Å². The number of anilines is 2. The molecule has 2 aromatic rings. The van der Waals surface area contributed by atoms with Crippen LogP contribution in [-0.2, 0) is 0 Å². The fraction of sp³-hybridized carbons (Fsp3) is 0.250. The maximum atomic E-state index is 11.5. The van der Waals surface area contributed by atoms with Crippen LogP contribution in [0.25, 0.3) is 0 Å². The molecule has 1 amide bonds. The fourth-order valence-electron chi connectivity index (χ4n) is 2.72. The highest BCUT2D eigenvalue weighted by molar-refractivity contribution is 6.30. The molecular formula is C16H17ClN4O. The minimum Gasteiger partial charge on any atom is -0.369 e. The average molecular weight is 317 g/mol. The predicted molar refractivity (Wildman–Crippen MR) is 88.4 cm³/mol. The van der Waals surface area contributed by atoms with Gasteiger partial charge in [-0.15, -0.1) is 0 Å². The summed E-state index contributed by atoms with van der Waals surface area (Å²) in [5.41, 5.74) is 6.91. The number of primary amides is 1. The van der Waals surface area contributed by atoms with Crippen LogP contribution in [0.2, 0.25) is 5.02 Å². The van der Waals surface area contributed by atoms with Crippen molar-refractivity contribution in [3.05, 3.63) is 53.2 Å². The molecule has 1 aromatic heterocycles. The molecule has 2 heterocycles. The SMILES string of the molecule is NC(=O)c1ccccc1N1CC[C@@H](Nc2ccc(Cl)cn2)C1. The van der Waals surface area contributed by atoms with Crippen molar-refractivity contribution in [2.45, 2.75) is 12.5 Å². The molecule has 6 heteroatoms. The lowest BCUT2D eigenvalue weighted by Crippen LogP contribution is -2.28. The summed E-state index contributed by atoms with van der Waals surface area (Å²) in [5, 5.41) is 4.01. The van der Waals surface area contributed by atoms with Gasteiger partial charge >= 0.3 is 0 Å². The Morgan fingerprint density at radius 2 is 2.14 bits per heavy atom. The van der Waals surface area contributed by atoms with Crippen LogP contribution in [-0.4, -0.2) is 30.0 Å². The third kappa shape index (κ3) is 3.14. The van der Waals surface area contributed by atoms with Crippen LogP contribution in [0.1, 0.15) is 16.8 Å². The number of rotatable bonds is 4. The summed E-state index contributed by atoms with van der Waals surface area (Å²) in [6.07, 6.45) is 2.59. The van der Waals surface area contributed by atoms with Crippen LogP contribution >= 0.6 is 11.6 Å². The molecular weight excluding hydrogens is 300 g/mol. The van der Waals surface area contributed by atoms with E-state index >= 15 is 0 Å². The summed E-state index contributed by atoms with van der Waals surface area (Å²) in [7, 11) is 0. The van der Waals surface area contributed by atoms with Gasteiger partial charge < -0.3 is 16.0 Å². The number of nitrogens with zero attached hydrogens (tertiary/aromatic N) is 2. The molecule has 5 nitrogen and oxygen atoms in total. The molecule has 0 radical (unpaired) electrons. The van der Waals surface area contributed by atoms with Gasteiger partial charge in [0, 0.05) is 31.0 Å². The zero-order valence-corrected chi connectivity index (χ0v) is 12.8. The Morgan fingerprint density at radius 1 is 1.32 bits per heavy atom. The van der Waals surface area contributed by atoms with Crippen molar-refractivity contribution in [3.63, 3.8) is 0 Å². The minimum atomic E-state index is -0.397. The van der Waals surface area contributed by atoms with E-state index in [1.807, 2.05) is 30.3 Å². The monoisotopic (exact) mass is 316 g/mol. The van der Waals surface area contributed by atoms with Gasteiger partial charge in [0.15, 0.2) is 0 Å². The van der Waals surface area contributed by atoms with Gasteiger partial charge in [0.2, 0.25) is 0 Å². The van der Waals surface area contributed by atoms with E-state index in [0.29, 0.717) is 10.6 Å². The van der Waals surface area contributed by atoms with Gasteiger partial charge in [0.05, 0.1) is 10.6 Å². The van der Waals surface area contributed by atoms with E-state index in [0.717, 1.165) is 31.0 Å². The third-order valence-corrected chi connectivity index (χ3v) is 4.00. The quantitative estimate of drug-likeness (QED) is 0.909. The maximum absolute atomic E-state index is 11.5. The molecule has 22 heavy (non-hydrogen) atoms. The van der Waals surface area contributed by atoms with Crippen LogP contribution in [0.4, 0.5) is 11.5 Å². The van der Waals surface area contributed by atoms with Crippen LogP contribution in [0, 0.1) is 0 Å². The number of pyridine rings is 1.